The first-order valence-electron chi connectivity index (χ1n) is 7.39. The van der Waals surface area contributed by atoms with Gasteiger partial charge in [-0.25, -0.2) is 4.98 Å². The van der Waals surface area contributed by atoms with Crippen molar-refractivity contribution >= 4 is 5.91 Å². The molecule has 1 atom stereocenters. The van der Waals surface area contributed by atoms with E-state index in [9.17, 15) is 4.79 Å². The van der Waals surface area contributed by atoms with Crippen LogP contribution in [0.4, 0.5) is 0 Å². The number of carbonyl (C=O) groups excluding carboxylic acids is 1. The summed E-state index contributed by atoms with van der Waals surface area (Å²) in [6.45, 7) is 4.54. The first kappa shape index (κ1) is 17.0. The Morgan fingerprint density at radius 2 is 2.17 bits per heavy atom. The molecule has 2 aromatic rings. The van der Waals surface area contributed by atoms with E-state index in [2.05, 4.69) is 4.98 Å². The molecule has 0 spiro atoms. The van der Waals surface area contributed by atoms with Crippen LogP contribution >= 0.6 is 0 Å². The number of carbonyl (C=O) groups is 1. The highest BCUT2D eigenvalue weighted by atomic mass is 16.5. The van der Waals surface area contributed by atoms with E-state index in [0.29, 0.717) is 24.6 Å². The lowest BCUT2D eigenvalue weighted by Gasteiger charge is -2.28. The number of oxazole rings is 1. The van der Waals surface area contributed by atoms with Crippen LogP contribution in [0.15, 0.2) is 35.1 Å². The molecule has 0 aliphatic heterocycles. The maximum Gasteiger partial charge on any atom is 0.276 e. The van der Waals surface area contributed by atoms with Crippen molar-refractivity contribution in [3.8, 4) is 5.75 Å². The predicted molar refractivity (Wildman–Crippen MR) is 85.4 cm³/mol. The molecular weight excluding hydrogens is 296 g/mol. The standard InChI is InChI=1S/C17H22N2O4/c1-12(10-21-3)19(17(20)16-13(2)23-11-18-16)9-14-6-5-7-15(8-14)22-4/h5-8,11-12H,9-10H2,1-4H3. The maximum atomic E-state index is 12.8. The highest BCUT2D eigenvalue weighted by Crippen LogP contribution is 2.18. The Morgan fingerprint density at radius 3 is 2.78 bits per heavy atom. The number of ether oxygens (including phenoxy) is 2. The smallest absolute Gasteiger partial charge is 0.276 e. The van der Waals surface area contributed by atoms with Gasteiger partial charge in [-0.15, -0.1) is 0 Å². The number of benzene rings is 1. The Balaban J connectivity index is 2.26. The third-order valence-corrected chi connectivity index (χ3v) is 3.64. The van der Waals surface area contributed by atoms with Crippen LogP contribution in [-0.4, -0.2) is 42.7 Å². The summed E-state index contributed by atoms with van der Waals surface area (Å²) in [5.74, 6) is 1.09. The Labute approximate surface area is 136 Å². The summed E-state index contributed by atoms with van der Waals surface area (Å²) in [7, 11) is 3.24. The van der Waals surface area contributed by atoms with Gasteiger partial charge >= 0.3 is 0 Å². The molecule has 0 saturated carbocycles. The molecule has 0 saturated heterocycles. The average molecular weight is 318 g/mol. The molecule has 0 aliphatic carbocycles. The Kier molecular flexibility index (Phi) is 5.76. The summed E-state index contributed by atoms with van der Waals surface area (Å²) in [5, 5.41) is 0. The number of hydrogen-bond donors (Lipinski definition) is 0. The van der Waals surface area contributed by atoms with E-state index in [1.165, 1.54) is 6.39 Å². The zero-order valence-corrected chi connectivity index (χ0v) is 13.9. The SMILES string of the molecule is COCC(C)N(Cc1cccc(OC)c1)C(=O)c1ncoc1C. The summed E-state index contributed by atoms with van der Waals surface area (Å²) < 4.78 is 15.6. The van der Waals surface area contributed by atoms with Crippen molar-refractivity contribution in [2.24, 2.45) is 0 Å². The van der Waals surface area contributed by atoms with Crippen molar-refractivity contribution in [2.45, 2.75) is 26.4 Å². The van der Waals surface area contributed by atoms with Gasteiger partial charge < -0.3 is 18.8 Å². The van der Waals surface area contributed by atoms with Crippen LogP contribution in [0, 0.1) is 6.92 Å². The van der Waals surface area contributed by atoms with Gasteiger partial charge in [0, 0.05) is 13.7 Å². The Bertz CT molecular complexity index is 654. The first-order valence-corrected chi connectivity index (χ1v) is 7.39. The van der Waals surface area contributed by atoms with Crippen LogP contribution in [0.1, 0.15) is 28.7 Å². The summed E-state index contributed by atoms with van der Waals surface area (Å²) in [5.41, 5.74) is 1.30. The van der Waals surface area contributed by atoms with Crippen molar-refractivity contribution in [1.29, 1.82) is 0 Å². The van der Waals surface area contributed by atoms with Crippen LogP contribution < -0.4 is 4.74 Å². The highest BCUT2D eigenvalue weighted by Gasteiger charge is 2.25. The molecule has 1 amide bonds. The van der Waals surface area contributed by atoms with Gasteiger partial charge in [0.05, 0.1) is 19.8 Å². The van der Waals surface area contributed by atoms with Gasteiger partial charge in [-0.3, -0.25) is 4.79 Å². The van der Waals surface area contributed by atoms with Gasteiger partial charge in [0.15, 0.2) is 12.1 Å². The molecule has 1 heterocycles. The second kappa shape index (κ2) is 7.78. The summed E-state index contributed by atoms with van der Waals surface area (Å²) in [6, 6.07) is 7.54. The van der Waals surface area contributed by atoms with Crippen molar-refractivity contribution < 1.29 is 18.7 Å². The first-order chi connectivity index (χ1) is 11.1. The van der Waals surface area contributed by atoms with Crippen molar-refractivity contribution in [3.05, 3.63) is 47.7 Å². The number of amides is 1. The largest absolute Gasteiger partial charge is 0.497 e. The molecule has 0 N–H and O–H groups in total. The summed E-state index contributed by atoms with van der Waals surface area (Å²) in [6.07, 6.45) is 1.28. The third-order valence-electron chi connectivity index (χ3n) is 3.64. The lowest BCUT2D eigenvalue weighted by molar-refractivity contribution is 0.0535. The van der Waals surface area contributed by atoms with Crippen LogP contribution in [0.2, 0.25) is 0 Å². The van der Waals surface area contributed by atoms with Crippen molar-refractivity contribution in [3.63, 3.8) is 0 Å². The van der Waals surface area contributed by atoms with E-state index in [1.807, 2.05) is 31.2 Å². The van der Waals surface area contributed by atoms with Gasteiger partial charge in [0.1, 0.15) is 11.5 Å². The Hall–Kier alpha value is -2.34. The van der Waals surface area contributed by atoms with Gasteiger partial charge in [-0.1, -0.05) is 12.1 Å². The summed E-state index contributed by atoms with van der Waals surface area (Å²) in [4.78, 5) is 18.6. The van der Waals surface area contributed by atoms with Gasteiger partial charge in [0.25, 0.3) is 5.91 Å². The second-order valence-electron chi connectivity index (χ2n) is 5.35. The van der Waals surface area contributed by atoms with E-state index in [-0.39, 0.29) is 11.9 Å². The third kappa shape index (κ3) is 4.10. The average Bonchev–Trinajstić information content (AvgIpc) is 2.98. The van der Waals surface area contributed by atoms with Crippen LogP contribution in [0.3, 0.4) is 0 Å². The molecule has 23 heavy (non-hydrogen) atoms. The topological polar surface area (TPSA) is 64.8 Å². The number of aromatic nitrogens is 1. The lowest BCUT2D eigenvalue weighted by atomic mass is 10.1. The van der Waals surface area contributed by atoms with E-state index in [1.54, 1.807) is 26.0 Å². The number of rotatable bonds is 7. The quantitative estimate of drug-likeness (QED) is 0.785. The molecule has 0 bridgehead atoms. The molecule has 6 nitrogen and oxygen atoms in total. The Morgan fingerprint density at radius 1 is 1.39 bits per heavy atom. The molecule has 6 heteroatoms. The zero-order valence-electron chi connectivity index (χ0n) is 13.9. The van der Waals surface area contributed by atoms with Crippen LogP contribution in [0.25, 0.3) is 0 Å². The van der Waals surface area contributed by atoms with Crippen LogP contribution in [0.5, 0.6) is 5.75 Å². The fourth-order valence-corrected chi connectivity index (χ4v) is 2.37. The second-order valence-corrected chi connectivity index (χ2v) is 5.35. The number of aryl methyl sites for hydroxylation is 1. The minimum atomic E-state index is -0.177. The fourth-order valence-electron chi connectivity index (χ4n) is 2.37. The molecule has 0 fully saturated rings. The highest BCUT2D eigenvalue weighted by molar-refractivity contribution is 5.93. The molecule has 124 valence electrons. The molecule has 1 aromatic heterocycles. The monoisotopic (exact) mass is 318 g/mol. The minimum absolute atomic E-state index is 0.102. The molecule has 2 rings (SSSR count). The zero-order chi connectivity index (χ0) is 16.8. The van der Waals surface area contributed by atoms with Crippen molar-refractivity contribution in [1.82, 2.24) is 9.88 Å². The number of methoxy groups -OCH3 is 2. The number of nitrogens with zero attached hydrogens (tertiary/aromatic N) is 2. The van der Waals surface area contributed by atoms with Crippen molar-refractivity contribution in [2.75, 3.05) is 20.8 Å². The fraction of sp³-hybridized carbons (Fsp3) is 0.412. The van der Waals surface area contributed by atoms with Gasteiger partial charge in [-0.2, -0.15) is 0 Å². The molecule has 0 aliphatic rings. The van der Waals surface area contributed by atoms with E-state index in [4.69, 9.17) is 13.9 Å². The van der Waals surface area contributed by atoms with E-state index < -0.39 is 0 Å². The van der Waals surface area contributed by atoms with Gasteiger partial charge in [0.2, 0.25) is 0 Å². The molecular formula is C17H22N2O4. The minimum Gasteiger partial charge on any atom is -0.497 e. The molecule has 1 aromatic carbocycles. The van der Waals surface area contributed by atoms with E-state index >= 15 is 0 Å². The number of hydrogen-bond acceptors (Lipinski definition) is 5. The normalized spacial score (nSPS) is 12.0. The maximum absolute atomic E-state index is 12.8. The molecule has 0 radical (unpaired) electrons. The summed E-state index contributed by atoms with van der Waals surface area (Å²) >= 11 is 0. The molecule has 1 unspecified atom stereocenters. The predicted octanol–water partition coefficient (Wildman–Crippen LogP) is 2.67. The lowest BCUT2D eigenvalue weighted by Crippen LogP contribution is -2.41. The van der Waals surface area contributed by atoms with Crippen LogP contribution in [-0.2, 0) is 11.3 Å². The van der Waals surface area contributed by atoms with E-state index in [0.717, 1.165) is 11.3 Å². The van der Waals surface area contributed by atoms with Gasteiger partial charge in [-0.05, 0) is 31.5 Å².